The normalized spacial score (nSPS) is 12.4. The number of rotatable bonds is 67. The zero-order valence-electron chi connectivity index (χ0n) is 55.0. The second kappa shape index (κ2) is 70.6. The van der Waals surface area contributed by atoms with E-state index < -0.39 is 6.10 Å². The standard InChI is InChI=1S/C76H138O6/c1-4-7-10-13-16-19-22-25-27-29-30-31-32-33-34-35-36-37-38-39-40-41-42-43-44-45-46-48-49-51-54-57-60-63-66-69-75(78)81-72-73(71-80-74(77)68-65-62-59-56-53-24-21-18-15-12-9-6-3)82-76(79)70-67-64-61-58-55-52-50-47-28-26-23-20-17-14-11-8-5-2/h7,10,16,19,25-28,30-31,73H,4-6,8-9,11-15,17-18,20-24,29,32-72H2,1-3H3/b10-7-,19-16-,27-25-,28-26-,31-30-. The Morgan fingerprint density at radius 3 is 0.756 bits per heavy atom. The molecule has 0 aliphatic rings. The highest BCUT2D eigenvalue weighted by molar-refractivity contribution is 5.71. The number of allylic oxidation sites excluding steroid dienone is 10. The van der Waals surface area contributed by atoms with E-state index in [0.717, 1.165) is 83.5 Å². The molecular formula is C76H138O6. The number of hydrogen-bond acceptors (Lipinski definition) is 6. The molecule has 82 heavy (non-hydrogen) atoms. The third kappa shape index (κ3) is 67.9. The number of unbranched alkanes of at least 4 members (excludes halogenated alkanes) is 46. The Bertz CT molecular complexity index is 1460. The minimum absolute atomic E-state index is 0.0688. The van der Waals surface area contributed by atoms with Crippen LogP contribution in [0.1, 0.15) is 387 Å². The van der Waals surface area contributed by atoms with Crippen LogP contribution in [0.5, 0.6) is 0 Å². The average Bonchev–Trinajstić information content (AvgIpc) is 3.47. The molecule has 0 aromatic heterocycles. The van der Waals surface area contributed by atoms with E-state index in [1.807, 2.05) is 0 Å². The summed E-state index contributed by atoms with van der Waals surface area (Å²) in [7, 11) is 0. The highest BCUT2D eigenvalue weighted by Crippen LogP contribution is 2.18. The Balaban J connectivity index is 4.07. The SMILES string of the molecule is CC/C=C\C/C=C\C/C=C\C/C=C\CCCCCCCCCCCCCCCCCCCCCCCCC(=O)OCC(COC(=O)CCCCCCCCCCCCCC)OC(=O)CCCCCCCCC/C=C\CCCCCCCC. The van der Waals surface area contributed by atoms with Crippen LogP contribution in [0.2, 0.25) is 0 Å². The van der Waals surface area contributed by atoms with Crippen molar-refractivity contribution in [2.75, 3.05) is 13.2 Å². The lowest BCUT2D eigenvalue weighted by molar-refractivity contribution is -0.167. The molecule has 0 bridgehead atoms. The van der Waals surface area contributed by atoms with Crippen molar-refractivity contribution in [1.82, 2.24) is 0 Å². The van der Waals surface area contributed by atoms with Gasteiger partial charge in [0, 0.05) is 19.3 Å². The molecule has 0 aliphatic heterocycles. The van der Waals surface area contributed by atoms with Gasteiger partial charge in [-0.3, -0.25) is 14.4 Å². The van der Waals surface area contributed by atoms with E-state index in [9.17, 15) is 14.4 Å². The number of carbonyl (C=O) groups is 3. The molecule has 0 aromatic rings. The van der Waals surface area contributed by atoms with Gasteiger partial charge in [0.2, 0.25) is 0 Å². The summed E-state index contributed by atoms with van der Waals surface area (Å²) >= 11 is 0. The lowest BCUT2D eigenvalue weighted by atomic mass is 10.0. The summed E-state index contributed by atoms with van der Waals surface area (Å²) in [5, 5.41) is 0. The first-order valence-electron chi connectivity index (χ1n) is 36.3. The molecule has 0 saturated carbocycles. The number of ether oxygens (including phenoxy) is 3. The van der Waals surface area contributed by atoms with Gasteiger partial charge in [-0.1, -0.05) is 345 Å². The van der Waals surface area contributed by atoms with Crippen LogP contribution in [0.4, 0.5) is 0 Å². The molecule has 0 aromatic carbocycles. The van der Waals surface area contributed by atoms with Gasteiger partial charge >= 0.3 is 17.9 Å². The molecule has 0 saturated heterocycles. The van der Waals surface area contributed by atoms with Gasteiger partial charge in [0.05, 0.1) is 0 Å². The van der Waals surface area contributed by atoms with E-state index in [0.29, 0.717) is 19.3 Å². The first kappa shape index (κ1) is 79.1. The van der Waals surface area contributed by atoms with Crippen LogP contribution in [-0.4, -0.2) is 37.2 Å². The van der Waals surface area contributed by atoms with Crippen molar-refractivity contribution in [2.24, 2.45) is 0 Å². The zero-order valence-corrected chi connectivity index (χ0v) is 55.0. The van der Waals surface area contributed by atoms with Gasteiger partial charge in [0.25, 0.3) is 0 Å². The lowest BCUT2D eigenvalue weighted by Gasteiger charge is -2.18. The summed E-state index contributed by atoms with van der Waals surface area (Å²) in [4.78, 5) is 38.4. The maximum atomic E-state index is 12.9. The Kier molecular flexibility index (Phi) is 68.1. The smallest absolute Gasteiger partial charge is 0.306 e. The summed E-state index contributed by atoms with van der Waals surface area (Å²) in [6, 6.07) is 0. The van der Waals surface area contributed by atoms with Crippen LogP contribution in [0.15, 0.2) is 60.8 Å². The summed E-state index contributed by atoms with van der Waals surface area (Å²) in [6.07, 6.45) is 91.3. The van der Waals surface area contributed by atoms with Gasteiger partial charge < -0.3 is 14.2 Å². The maximum Gasteiger partial charge on any atom is 0.306 e. The minimum atomic E-state index is -0.772. The Hall–Kier alpha value is -2.89. The molecule has 0 fully saturated rings. The minimum Gasteiger partial charge on any atom is -0.462 e. The lowest BCUT2D eigenvalue weighted by Crippen LogP contribution is -2.30. The first-order chi connectivity index (χ1) is 40.5. The van der Waals surface area contributed by atoms with Crippen molar-refractivity contribution in [2.45, 2.75) is 393 Å². The van der Waals surface area contributed by atoms with E-state index in [2.05, 4.69) is 81.5 Å². The molecule has 6 heteroatoms. The zero-order chi connectivity index (χ0) is 59.2. The van der Waals surface area contributed by atoms with Gasteiger partial charge in [-0.25, -0.2) is 0 Å². The summed E-state index contributed by atoms with van der Waals surface area (Å²) < 4.78 is 17.0. The molecule has 0 aliphatic carbocycles. The highest BCUT2D eigenvalue weighted by Gasteiger charge is 2.19. The molecular weight excluding hydrogens is 1010 g/mol. The third-order valence-corrected chi connectivity index (χ3v) is 16.3. The molecule has 0 N–H and O–H groups in total. The number of hydrogen-bond donors (Lipinski definition) is 0. The second-order valence-electron chi connectivity index (χ2n) is 24.5. The Morgan fingerprint density at radius 1 is 0.256 bits per heavy atom. The predicted octanol–water partition coefficient (Wildman–Crippen LogP) is 25.1. The van der Waals surface area contributed by atoms with Crippen molar-refractivity contribution in [3.63, 3.8) is 0 Å². The van der Waals surface area contributed by atoms with Crippen LogP contribution in [0.25, 0.3) is 0 Å². The average molecular weight is 1150 g/mol. The largest absolute Gasteiger partial charge is 0.462 e. The molecule has 1 unspecified atom stereocenters. The molecule has 0 rings (SSSR count). The molecule has 0 spiro atoms. The van der Waals surface area contributed by atoms with E-state index in [4.69, 9.17) is 14.2 Å². The van der Waals surface area contributed by atoms with Crippen LogP contribution < -0.4 is 0 Å². The van der Waals surface area contributed by atoms with Crippen molar-refractivity contribution in [3.8, 4) is 0 Å². The summed E-state index contributed by atoms with van der Waals surface area (Å²) in [6.45, 7) is 6.58. The van der Waals surface area contributed by atoms with Gasteiger partial charge in [0.15, 0.2) is 6.10 Å². The van der Waals surface area contributed by atoms with Crippen LogP contribution >= 0.6 is 0 Å². The van der Waals surface area contributed by atoms with Gasteiger partial charge in [0.1, 0.15) is 13.2 Å². The topological polar surface area (TPSA) is 78.9 Å². The van der Waals surface area contributed by atoms with Gasteiger partial charge in [-0.05, 0) is 83.5 Å². The fourth-order valence-corrected chi connectivity index (χ4v) is 10.8. The van der Waals surface area contributed by atoms with E-state index in [1.54, 1.807) is 0 Å². The van der Waals surface area contributed by atoms with Gasteiger partial charge in [-0.2, -0.15) is 0 Å². The second-order valence-corrected chi connectivity index (χ2v) is 24.5. The van der Waals surface area contributed by atoms with Crippen LogP contribution in [-0.2, 0) is 28.6 Å². The fourth-order valence-electron chi connectivity index (χ4n) is 10.8. The summed E-state index contributed by atoms with van der Waals surface area (Å²) in [5.74, 6) is -0.847. The fraction of sp³-hybridized carbons (Fsp3) is 0.829. The monoisotopic (exact) mass is 1150 g/mol. The Labute approximate surface area is 510 Å². The van der Waals surface area contributed by atoms with Crippen molar-refractivity contribution in [1.29, 1.82) is 0 Å². The highest BCUT2D eigenvalue weighted by atomic mass is 16.6. The molecule has 6 nitrogen and oxygen atoms in total. The van der Waals surface area contributed by atoms with E-state index in [1.165, 1.54) is 263 Å². The van der Waals surface area contributed by atoms with Gasteiger partial charge in [-0.15, -0.1) is 0 Å². The molecule has 478 valence electrons. The predicted molar refractivity (Wildman–Crippen MR) is 358 cm³/mol. The number of esters is 3. The van der Waals surface area contributed by atoms with Crippen molar-refractivity contribution in [3.05, 3.63) is 60.8 Å². The van der Waals surface area contributed by atoms with Crippen LogP contribution in [0, 0.1) is 0 Å². The molecule has 0 radical (unpaired) electrons. The Morgan fingerprint density at radius 2 is 0.476 bits per heavy atom. The summed E-state index contributed by atoms with van der Waals surface area (Å²) in [5.41, 5.74) is 0. The molecule has 0 heterocycles. The molecule has 0 amide bonds. The number of carbonyl (C=O) groups excluding carboxylic acids is 3. The van der Waals surface area contributed by atoms with E-state index >= 15 is 0 Å². The van der Waals surface area contributed by atoms with Crippen molar-refractivity contribution < 1.29 is 28.6 Å². The third-order valence-electron chi connectivity index (χ3n) is 16.3. The molecule has 1 atom stereocenters. The first-order valence-corrected chi connectivity index (χ1v) is 36.3. The van der Waals surface area contributed by atoms with Crippen molar-refractivity contribution >= 4 is 17.9 Å². The maximum absolute atomic E-state index is 12.9. The van der Waals surface area contributed by atoms with Crippen LogP contribution in [0.3, 0.4) is 0 Å². The quantitative estimate of drug-likeness (QED) is 0.0261. The van der Waals surface area contributed by atoms with E-state index in [-0.39, 0.29) is 31.1 Å².